The fourth-order valence-corrected chi connectivity index (χ4v) is 18.5. The third kappa shape index (κ3) is 5.15. The minimum absolute atomic E-state index is 0.141. The number of rotatable bonds is 2. The lowest BCUT2D eigenvalue weighted by Gasteiger charge is -2.63. The molecule has 12 aliphatic rings. The van der Waals surface area contributed by atoms with Crippen LogP contribution in [0.25, 0.3) is 0 Å². The van der Waals surface area contributed by atoms with Gasteiger partial charge in [-0.3, -0.25) is 9.59 Å². The number of hydrogen-bond donors (Lipinski definition) is 3. The maximum absolute atomic E-state index is 12.3. The van der Waals surface area contributed by atoms with E-state index in [0.29, 0.717) is 96.7 Å². The molecular weight excluding hydrogens is 769 g/mol. The number of hydrogen-bond acceptors (Lipinski definition) is 9. The van der Waals surface area contributed by atoms with E-state index in [4.69, 9.17) is 9.47 Å². The predicted molar refractivity (Wildman–Crippen MR) is 223 cm³/mol. The van der Waals surface area contributed by atoms with Crippen LogP contribution in [0.1, 0.15) is 125 Å². The van der Waals surface area contributed by atoms with Crippen molar-refractivity contribution in [2.45, 2.75) is 142 Å². The summed E-state index contributed by atoms with van der Waals surface area (Å²) in [5, 5.41) is 35.5. The molecule has 0 aromatic carbocycles. The van der Waals surface area contributed by atoms with Crippen molar-refractivity contribution in [3.8, 4) is 23.7 Å². The molecule has 0 heterocycles. The van der Waals surface area contributed by atoms with E-state index in [2.05, 4.69) is 51.4 Å². The topological polar surface area (TPSA) is 147 Å². The minimum atomic E-state index is -1.14. The van der Waals surface area contributed by atoms with E-state index < -0.39 is 28.7 Å². The molecule has 11 fully saturated rings. The standard InChI is InChI=1S/C26H34O5.C26H32O4/c1-4-31-20(28)7-10-25(29)19-12-16(19)22-21-15-11-18(15)26(30)13-14(27)5-8-23(26,2)17(21)6-9-24(22,25)3;1-4-30-21(28)7-10-26(29)20-13-17(20)23-22-16-12-15(16)19-11-14(27)5-8-24(19,2)18(22)6-9-25(23,26)3/h15-19,21-22,29-30H,4-6,8-9,11-13H2,1-3H3;11,15-18,20,22-23,29H,4-6,8-9,12-13H2,1-3H3/t15-,16+,17?,18+,19-,21?,22?,23+,24-,25-,26+;15-,16+,17-,18?,20+,22?,23?,24-,25+,26+/m01/s1. The lowest BCUT2D eigenvalue weighted by atomic mass is 9.42. The second-order valence-corrected chi connectivity index (χ2v) is 23.4. The molecule has 0 radical (unpaired) electrons. The van der Waals surface area contributed by atoms with Gasteiger partial charge in [0.2, 0.25) is 0 Å². The molecule has 0 spiro atoms. The highest BCUT2D eigenvalue weighted by molar-refractivity contribution is 5.92. The molecule has 328 valence electrons. The van der Waals surface area contributed by atoms with E-state index in [9.17, 15) is 34.5 Å². The number of aliphatic hydroxyl groups is 3. The molecule has 12 aliphatic carbocycles. The summed E-state index contributed by atoms with van der Waals surface area (Å²) in [6.45, 7) is 13.2. The van der Waals surface area contributed by atoms with Crippen molar-refractivity contribution < 1.29 is 44.0 Å². The molecule has 3 N–H and O–H groups in total. The third-order valence-corrected chi connectivity index (χ3v) is 21.4. The molecule has 0 aliphatic heterocycles. The highest BCUT2D eigenvalue weighted by Gasteiger charge is 2.82. The lowest BCUT2D eigenvalue weighted by Crippen LogP contribution is -2.65. The molecular formula is C52H66O9. The van der Waals surface area contributed by atoms with Gasteiger partial charge in [-0.1, -0.05) is 45.1 Å². The number of esters is 2. The van der Waals surface area contributed by atoms with Crippen LogP contribution in [0.15, 0.2) is 11.6 Å². The average molecular weight is 835 g/mol. The van der Waals surface area contributed by atoms with Crippen LogP contribution in [-0.4, -0.2) is 68.8 Å². The smallest absolute Gasteiger partial charge is 0.384 e. The van der Waals surface area contributed by atoms with Crippen LogP contribution in [0.4, 0.5) is 0 Å². The third-order valence-electron chi connectivity index (χ3n) is 21.4. The van der Waals surface area contributed by atoms with Crippen LogP contribution < -0.4 is 0 Å². The van der Waals surface area contributed by atoms with Gasteiger partial charge in [0.15, 0.2) is 5.78 Å². The lowest BCUT2D eigenvalue weighted by molar-refractivity contribution is -0.218. The normalized spacial score (nSPS) is 56.0. The van der Waals surface area contributed by atoms with Crippen molar-refractivity contribution in [3.63, 3.8) is 0 Å². The monoisotopic (exact) mass is 834 g/mol. The second kappa shape index (κ2) is 12.8. The molecule has 0 saturated heterocycles. The molecule has 0 aromatic heterocycles. The highest BCUT2D eigenvalue weighted by atomic mass is 16.5. The van der Waals surface area contributed by atoms with Gasteiger partial charge in [-0.25, -0.2) is 9.59 Å². The Morgan fingerprint density at radius 3 is 1.77 bits per heavy atom. The van der Waals surface area contributed by atoms with E-state index in [1.807, 2.05) is 6.08 Å². The maximum atomic E-state index is 12.3. The summed E-state index contributed by atoms with van der Waals surface area (Å²) in [4.78, 5) is 48.3. The molecule has 6 unspecified atom stereocenters. The molecule has 0 aromatic rings. The Balaban J connectivity index is 0.000000138. The van der Waals surface area contributed by atoms with Gasteiger partial charge in [0.05, 0.1) is 18.8 Å². The number of fused-ring (bicyclic) bond motifs is 20. The summed E-state index contributed by atoms with van der Waals surface area (Å²) in [5.41, 5.74) is -2.25. The number of carbonyl (C=O) groups excluding carboxylic acids is 4. The van der Waals surface area contributed by atoms with Crippen molar-refractivity contribution >= 4 is 23.5 Å². The molecule has 21 atom stereocenters. The van der Waals surface area contributed by atoms with E-state index in [1.54, 1.807) is 13.8 Å². The Morgan fingerprint density at radius 1 is 0.656 bits per heavy atom. The average Bonchev–Trinajstić information content (AvgIpc) is 4.03. The van der Waals surface area contributed by atoms with Crippen molar-refractivity contribution in [1.29, 1.82) is 0 Å². The van der Waals surface area contributed by atoms with E-state index in [0.717, 1.165) is 57.8 Å². The van der Waals surface area contributed by atoms with Crippen LogP contribution in [0.3, 0.4) is 0 Å². The summed E-state index contributed by atoms with van der Waals surface area (Å²) in [7, 11) is 0. The van der Waals surface area contributed by atoms with E-state index in [-0.39, 0.29) is 51.8 Å². The number of ether oxygens (including phenoxy) is 2. The summed E-state index contributed by atoms with van der Waals surface area (Å²) >= 11 is 0. The quantitative estimate of drug-likeness (QED) is 0.167. The van der Waals surface area contributed by atoms with Gasteiger partial charge in [-0.2, -0.15) is 0 Å². The predicted octanol–water partition coefficient (Wildman–Crippen LogP) is 6.25. The highest BCUT2D eigenvalue weighted by Crippen LogP contribution is 2.83. The number of Topliss-reactive ketones (excluding diaryl/α,β-unsaturated/α-hetero) is 1. The van der Waals surface area contributed by atoms with Gasteiger partial charge in [0.1, 0.15) is 17.0 Å². The van der Waals surface area contributed by atoms with Gasteiger partial charge < -0.3 is 24.8 Å². The van der Waals surface area contributed by atoms with Crippen molar-refractivity contribution in [3.05, 3.63) is 11.6 Å². The fourth-order valence-electron chi connectivity index (χ4n) is 18.5. The van der Waals surface area contributed by atoms with Crippen LogP contribution >= 0.6 is 0 Å². The fraction of sp³-hybridized carbons (Fsp3) is 0.808. The van der Waals surface area contributed by atoms with Crippen molar-refractivity contribution in [1.82, 2.24) is 0 Å². The van der Waals surface area contributed by atoms with Gasteiger partial charge in [-0.15, -0.1) is 0 Å². The van der Waals surface area contributed by atoms with Crippen molar-refractivity contribution in [2.75, 3.05) is 13.2 Å². The first-order valence-electron chi connectivity index (χ1n) is 24.2. The first kappa shape index (κ1) is 40.8. The van der Waals surface area contributed by atoms with E-state index >= 15 is 0 Å². The first-order chi connectivity index (χ1) is 28.8. The SMILES string of the molecule is CCOC(=O)C#C[C@]1(O)[C@H]2C[C@H]2C2C3C(CC[C@@]21C)[C@@]1(C)CCC(=O)C=C1[C@@H]1C[C@H]31.CCOC(=O)C#C[C@]1(O)[C@H]2C[C@H]2C2C3C(CC[C@@]21C)[C@@]1(C)CCC(=O)C[C@@]1(O)[C@@H]1C[C@H]31. The Bertz CT molecular complexity index is 2170. The first-order valence-corrected chi connectivity index (χ1v) is 24.2. The molecule has 0 bridgehead atoms. The zero-order chi connectivity index (χ0) is 43.0. The Labute approximate surface area is 361 Å². The largest absolute Gasteiger partial charge is 0.456 e. The van der Waals surface area contributed by atoms with Crippen molar-refractivity contribution in [2.24, 2.45) is 105 Å². The molecule has 9 nitrogen and oxygen atoms in total. The summed E-state index contributed by atoms with van der Waals surface area (Å²) < 4.78 is 9.99. The Morgan fingerprint density at radius 2 is 1.20 bits per heavy atom. The second-order valence-electron chi connectivity index (χ2n) is 23.4. The Kier molecular flexibility index (Phi) is 8.59. The summed E-state index contributed by atoms with van der Waals surface area (Å²) in [5.74, 6) is 17.0. The molecule has 11 saturated carbocycles. The van der Waals surface area contributed by atoms with Gasteiger partial charge in [-0.05, 0) is 161 Å². The number of ketones is 2. The molecule has 12 rings (SSSR count). The molecule has 9 heteroatoms. The van der Waals surface area contributed by atoms with Gasteiger partial charge in [0, 0.05) is 59.2 Å². The molecule has 0 amide bonds. The summed E-state index contributed by atoms with van der Waals surface area (Å²) in [6, 6.07) is 0. The van der Waals surface area contributed by atoms with E-state index in [1.165, 1.54) is 12.0 Å². The van der Waals surface area contributed by atoms with Crippen LogP contribution in [0.5, 0.6) is 0 Å². The van der Waals surface area contributed by atoms with Crippen LogP contribution in [-0.2, 0) is 28.7 Å². The zero-order valence-electron chi connectivity index (χ0n) is 37.1. The van der Waals surface area contributed by atoms with Gasteiger partial charge in [0.25, 0.3) is 0 Å². The minimum Gasteiger partial charge on any atom is -0.456 e. The van der Waals surface area contributed by atoms with Gasteiger partial charge >= 0.3 is 11.9 Å². The van der Waals surface area contributed by atoms with Crippen LogP contribution in [0.2, 0.25) is 0 Å². The van der Waals surface area contributed by atoms with Crippen LogP contribution in [0, 0.1) is 128 Å². The molecule has 61 heavy (non-hydrogen) atoms. The summed E-state index contributed by atoms with van der Waals surface area (Å²) in [6.07, 6.45) is 13.5. The zero-order valence-corrected chi connectivity index (χ0v) is 37.1. The number of allylic oxidation sites excluding steroid dienone is 1. The maximum Gasteiger partial charge on any atom is 0.384 e. The Hall–Kier alpha value is -2.98. The number of carbonyl (C=O) groups is 4.